The largest absolute Gasteiger partial charge is 0.353 e. The Morgan fingerprint density at radius 3 is 2.53 bits per heavy atom. The fraction of sp³-hybridized carbons (Fsp3) is 0.833. The maximum atomic E-state index is 11.5. The quantitative estimate of drug-likeness (QED) is 0.650. The predicted octanol–water partition coefficient (Wildman–Crippen LogP) is 0.0169. The fourth-order valence-electron chi connectivity index (χ4n) is 1.66. The number of amides is 2. The maximum absolute atomic E-state index is 11.5. The molecule has 0 spiro atoms. The molecule has 5 nitrogen and oxygen atoms in total. The van der Waals surface area contributed by atoms with E-state index in [2.05, 4.69) is 16.0 Å². The molecule has 0 saturated carbocycles. The summed E-state index contributed by atoms with van der Waals surface area (Å²) < 4.78 is 0. The Labute approximate surface area is 103 Å². The summed E-state index contributed by atoms with van der Waals surface area (Å²) in [5.74, 6) is -0.233. The van der Waals surface area contributed by atoms with E-state index in [4.69, 9.17) is 0 Å². The van der Waals surface area contributed by atoms with Crippen LogP contribution in [0.1, 0.15) is 33.6 Å². The highest BCUT2D eigenvalue weighted by Crippen LogP contribution is 2.11. The summed E-state index contributed by atoms with van der Waals surface area (Å²) in [5.41, 5.74) is -0.451. The molecule has 1 fully saturated rings. The van der Waals surface area contributed by atoms with E-state index in [0.29, 0.717) is 12.6 Å². The molecule has 5 heteroatoms. The second kappa shape index (κ2) is 6.00. The van der Waals surface area contributed by atoms with Crippen molar-refractivity contribution in [2.24, 2.45) is 5.41 Å². The number of carbonyl (C=O) groups excluding carboxylic acids is 2. The summed E-state index contributed by atoms with van der Waals surface area (Å²) in [6, 6.07) is 0.386. The summed E-state index contributed by atoms with van der Waals surface area (Å²) in [4.78, 5) is 23.0. The van der Waals surface area contributed by atoms with Crippen LogP contribution in [0.3, 0.4) is 0 Å². The molecule has 0 aromatic heterocycles. The van der Waals surface area contributed by atoms with Crippen molar-refractivity contribution in [1.29, 1.82) is 0 Å². The van der Waals surface area contributed by atoms with Crippen LogP contribution in [0.25, 0.3) is 0 Å². The molecular formula is C12H23N3O2. The van der Waals surface area contributed by atoms with Crippen molar-refractivity contribution in [2.45, 2.75) is 39.7 Å². The molecule has 1 saturated heterocycles. The molecule has 3 N–H and O–H groups in total. The Balaban J connectivity index is 2.14. The third kappa shape index (κ3) is 5.17. The minimum absolute atomic E-state index is 0.0584. The van der Waals surface area contributed by atoms with Gasteiger partial charge in [-0.2, -0.15) is 0 Å². The molecule has 1 atom stereocenters. The zero-order valence-electron chi connectivity index (χ0n) is 10.9. The van der Waals surface area contributed by atoms with Gasteiger partial charge >= 0.3 is 0 Å². The van der Waals surface area contributed by atoms with Gasteiger partial charge in [0, 0.05) is 18.0 Å². The third-order valence-corrected chi connectivity index (χ3v) is 2.80. The second-order valence-corrected chi connectivity index (χ2v) is 5.53. The van der Waals surface area contributed by atoms with Gasteiger partial charge in [0.25, 0.3) is 0 Å². The smallest absolute Gasteiger partial charge is 0.239 e. The molecule has 0 aliphatic carbocycles. The van der Waals surface area contributed by atoms with Crippen molar-refractivity contribution in [3.05, 3.63) is 0 Å². The predicted molar refractivity (Wildman–Crippen MR) is 66.5 cm³/mol. The number of carbonyl (C=O) groups is 2. The molecule has 1 rings (SSSR count). The van der Waals surface area contributed by atoms with E-state index >= 15 is 0 Å². The molecule has 2 amide bonds. The monoisotopic (exact) mass is 241 g/mol. The minimum Gasteiger partial charge on any atom is -0.353 e. The van der Waals surface area contributed by atoms with Gasteiger partial charge in [0.05, 0.1) is 6.54 Å². The topological polar surface area (TPSA) is 70.2 Å². The van der Waals surface area contributed by atoms with E-state index in [1.54, 1.807) is 0 Å². The van der Waals surface area contributed by atoms with Crippen molar-refractivity contribution in [1.82, 2.24) is 16.0 Å². The number of rotatable bonds is 4. The molecule has 17 heavy (non-hydrogen) atoms. The van der Waals surface area contributed by atoms with Gasteiger partial charge in [-0.15, -0.1) is 0 Å². The highest BCUT2D eigenvalue weighted by atomic mass is 16.2. The van der Waals surface area contributed by atoms with E-state index in [-0.39, 0.29) is 18.4 Å². The Morgan fingerprint density at radius 1 is 1.29 bits per heavy atom. The van der Waals surface area contributed by atoms with Gasteiger partial charge in [-0.05, 0) is 19.4 Å². The summed E-state index contributed by atoms with van der Waals surface area (Å²) in [6.07, 6.45) is 2.27. The Hall–Kier alpha value is -1.10. The molecule has 1 aliphatic heterocycles. The Kier molecular flexibility index (Phi) is 4.93. The highest BCUT2D eigenvalue weighted by Gasteiger charge is 2.21. The van der Waals surface area contributed by atoms with Crippen LogP contribution in [0.5, 0.6) is 0 Å². The molecule has 0 radical (unpaired) electrons. The summed E-state index contributed by atoms with van der Waals surface area (Å²) in [6.45, 7) is 7.20. The van der Waals surface area contributed by atoms with Crippen LogP contribution in [0.2, 0.25) is 0 Å². The molecule has 0 bridgehead atoms. The van der Waals surface area contributed by atoms with Crippen molar-refractivity contribution in [3.8, 4) is 0 Å². The zero-order valence-corrected chi connectivity index (χ0v) is 10.9. The fourth-order valence-corrected chi connectivity index (χ4v) is 1.66. The van der Waals surface area contributed by atoms with Crippen molar-refractivity contribution < 1.29 is 9.59 Å². The van der Waals surface area contributed by atoms with Crippen LogP contribution in [0.15, 0.2) is 0 Å². The van der Waals surface area contributed by atoms with Gasteiger partial charge in [0.2, 0.25) is 11.8 Å². The van der Waals surface area contributed by atoms with Gasteiger partial charge in [-0.25, -0.2) is 0 Å². The summed E-state index contributed by atoms with van der Waals surface area (Å²) in [7, 11) is 0. The first-order valence-electron chi connectivity index (χ1n) is 6.18. The van der Waals surface area contributed by atoms with Gasteiger partial charge in [0.1, 0.15) is 0 Å². The van der Waals surface area contributed by atoms with E-state index in [0.717, 1.165) is 13.0 Å². The zero-order chi connectivity index (χ0) is 12.9. The summed E-state index contributed by atoms with van der Waals surface area (Å²) >= 11 is 0. The first-order chi connectivity index (χ1) is 7.89. The van der Waals surface area contributed by atoms with Crippen LogP contribution in [0.4, 0.5) is 0 Å². The van der Waals surface area contributed by atoms with Gasteiger partial charge < -0.3 is 16.0 Å². The summed E-state index contributed by atoms with van der Waals surface area (Å²) in [5, 5.41) is 8.74. The third-order valence-electron chi connectivity index (χ3n) is 2.80. The normalized spacial score (nSPS) is 20.1. The molecule has 98 valence electrons. The van der Waals surface area contributed by atoms with Crippen LogP contribution in [0, 0.1) is 5.41 Å². The van der Waals surface area contributed by atoms with E-state index in [1.807, 2.05) is 20.8 Å². The SMILES string of the molecule is CC(C)(C)C(=O)NCC(=O)NCC1CCCN1. The van der Waals surface area contributed by atoms with Crippen LogP contribution in [-0.4, -0.2) is 37.5 Å². The lowest BCUT2D eigenvalue weighted by molar-refractivity contribution is -0.131. The van der Waals surface area contributed by atoms with E-state index in [9.17, 15) is 9.59 Å². The van der Waals surface area contributed by atoms with Gasteiger partial charge in [0.15, 0.2) is 0 Å². The molecule has 1 unspecified atom stereocenters. The minimum atomic E-state index is -0.451. The first kappa shape index (κ1) is 14.0. The molecule has 1 aliphatic rings. The highest BCUT2D eigenvalue weighted by molar-refractivity contribution is 5.87. The standard InChI is InChI=1S/C12H23N3O2/c1-12(2,3)11(17)15-8-10(16)14-7-9-5-4-6-13-9/h9,13H,4-8H2,1-3H3,(H,14,16)(H,15,17). The molecule has 1 heterocycles. The molecule has 0 aromatic carbocycles. The Morgan fingerprint density at radius 2 is 2.00 bits per heavy atom. The van der Waals surface area contributed by atoms with E-state index < -0.39 is 5.41 Å². The van der Waals surface area contributed by atoms with Crippen LogP contribution in [-0.2, 0) is 9.59 Å². The average Bonchev–Trinajstić information content (AvgIpc) is 2.74. The maximum Gasteiger partial charge on any atom is 0.239 e. The van der Waals surface area contributed by atoms with Crippen molar-refractivity contribution in [2.75, 3.05) is 19.6 Å². The van der Waals surface area contributed by atoms with Gasteiger partial charge in [-0.1, -0.05) is 20.8 Å². The van der Waals surface area contributed by atoms with Crippen LogP contribution >= 0.6 is 0 Å². The lowest BCUT2D eigenvalue weighted by Gasteiger charge is -2.17. The van der Waals surface area contributed by atoms with Crippen LogP contribution < -0.4 is 16.0 Å². The first-order valence-corrected chi connectivity index (χ1v) is 6.18. The second-order valence-electron chi connectivity index (χ2n) is 5.53. The van der Waals surface area contributed by atoms with Crippen molar-refractivity contribution in [3.63, 3.8) is 0 Å². The lowest BCUT2D eigenvalue weighted by atomic mass is 9.96. The molecular weight excluding hydrogens is 218 g/mol. The lowest BCUT2D eigenvalue weighted by Crippen LogP contribution is -2.44. The number of hydrogen-bond donors (Lipinski definition) is 3. The van der Waals surface area contributed by atoms with E-state index in [1.165, 1.54) is 6.42 Å². The van der Waals surface area contributed by atoms with Crippen molar-refractivity contribution >= 4 is 11.8 Å². The molecule has 0 aromatic rings. The Bertz CT molecular complexity index is 278. The number of hydrogen-bond acceptors (Lipinski definition) is 3. The number of nitrogens with one attached hydrogen (secondary N) is 3. The van der Waals surface area contributed by atoms with Gasteiger partial charge in [-0.3, -0.25) is 9.59 Å². The average molecular weight is 241 g/mol.